The lowest BCUT2D eigenvalue weighted by Gasteiger charge is -2.20. The summed E-state index contributed by atoms with van der Waals surface area (Å²) in [4.78, 5) is 0. The van der Waals surface area contributed by atoms with E-state index in [1.54, 1.807) is 0 Å². The topological polar surface area (TPSA) is 12.0 Å². The van der Waals surface area contributed by atoms with E-state index in [0.717, 1.165) is 22.3 Å². The maximum atomic E-state index is 6.18. The van der Waals surface area contributed by atoms with Gasteiger partial charge in [-0.15, -0.1) is 0 Å². The molecule has 0 aliphatic carbocycles. The van der Waals surface area contributed by atoms with Crippen molar-refractivity contribution in [1.29, 1.82) is 0 Å². The molecule has 0 aromatic heterocycles. The van der Waals surface area contributed by atoms with Gasteiger partial charge in [0.05, 0.1) is 10.7 Å². The van der Waals surface area contributed by atoms with Crippen LogP contribution in [0.1, 0.15) is 38.2 Å². The number of nitrogens with one attached hydrogen (secondary N) is 1. The van der Waals surface area contributed by atoms with Gasteiger partial charge in [-0.1, -0.05) is 49.9 Å². The average Bonchev–Trinajstić information content (AvgIpc) is 2.64. The molecule has 0 fully saturated rings. The highest BCUT2D eigenvalue weighted by Gasteiger charge is 2.29. The van der Waals surface area contributed by atoms with Gasteiger partial charge in [-0.25, -0.2) is 0 Å². The van der Waals surface area contributed by atoms with Gasteiger partial charge in [0.25, 0.3) is 0 Å². The fourth-order valence-electron chi connectivity index (χ4n) is 2.67. The van der Waals surface area contributed by atoms with Gasteiger partial charge in [0.2, 0.25) is 0 Å². The van der Waals surface area contributed by atoms with Crippen molar-refractivity contribution in [3.05, 3.63) is 27.7 Å². The van der Waals surface area contributed by atoms with Crippen molar-refractivity contribution in [2.75, 3.05) is 11.9 Å². The molecule has 0 saturated carbocycles. The number of hydrogen-bond donors (Lipinski definition) is 1. The molecule has 2 rings (SSSR count). The van der Waals surface area contributed by atoms with Crippen molar-refractivity contribution in [2.45, 2.75) is 32.6 Å². The summed E-state index contributed by atoms with van der Waals surface area (Å²) in [5.41, 5.74) is 2.38. The Morgan fingerprint density at radius 3 is 2.62 bits per heavy atom. The smallest absolute Gasteiger partial charge is 0.0655 e. The number of benzene rings is 1. The van der Waals surface area contributed by atoms with Crippen LogP contribution in [0.25, 0.3) is 0 Å². The molecule has 88 valence electrons. The normalized spacial score (nSPS) is 18.7. The van der Waals surface area contributed by atoms with Crippen LogP contribution in [0.4, 0.5) is 5.69 Å². The van der Waals surface area contributed by atoms with Crippen LogP contribution in [0.2, 0.25) is 10.0 Å². The van der Waals surface area contributed by atoms with E-state index >= 15 is 0 Å². The van der Waals surface area contributed by atoms with Crippen molar-refractivity contribution >= 4 is 28.9 Å². The first kappa shape index (κ1) is 12.1. The third kappa shape index (κ3) is 2.03. The first-order valence-electron chi connectivity index (χ1n) is 5.90. The molecule has 1 aromatic carbocycles. The molecule has 1 unspecified atom stereocenters. The third-order valence-electron chi connectivity index (χ3n) is 3.60. The number of anilines is 1. The van der Waals surface area contributed by atoms with Gasteiger partial charge >= 0.3 is 0 Å². The van der Waals surface area contributed by atoms with E-state index in [4.69, 9.17) is 23.2 Å². The highest BCUT2D eigenvalue weighted by Crippen LogP contribution is 2.43. The predicted octanol–water partition coefficient (Wildman–Crippen LogP) is 4.94. The molecule has 1 atom stereocenters. The highest BCUT2D eigenvalue weighted by molar-refractivity contribution is 6.36. The van der Waals surface area contributed by atoms with E-state index in [2.05, 4.69) is 25.2 Å². The van der Waals surface area contributed by atoms with Gasteiger partial charge in [-0.3, -0.25) is 0 Å². The van der Waals surface area contributed by atoms with Crippen LogP contribution in [0.3, 0.4) is 0 Å². The van der Waals surface area contributed by atoms with Crippen LogP contribution in [0.5, 0.6) is 0 Å². The van der Waals surface area contributed by atoms with Crippen molar-refractivity contribution < 1.29 is 0 Å². The largest absolute Gasteiger partial charge is 0.383 e. The van der Waals surface area contributed by atoms with Crippen LogP contribution < -0.4 is 5.32 Å². The van der Waals surface area contributed by atoms with E-state index in [9.17, 15) is 0 Å². The highest BCUT2D eigenvalue weighted by atomic mass is 35.5. The quantitative estimate of drug-likeness (QED) is 0.809. The molecule has 1 aromatic rings. The second-order valence-corrected chi connectivity index (χ2v) is 5.26. The molecule has 0 saturated heterocycles. The van der Waals surface area contributed by atoms with E-state index in [1.165, 1.54) is 18.4 Å². The SMILES string of the molecule is CCC(CC)C1CNc2c(Cl)cc(Cl)cc21. The molecule has 0 radical (unpaired) electrons. The first-order valence-corrected chi connectivity index (χ1v) is 6.65. The Morgan fingerprint density at radius 1 is 1.31 bits per heavy atom. The maximum absolute atomic E-state index is 6.18. The molecular formula is C13H17Cl2N. The Morgan fingerprint density at radius 2 is 2.00 bits per heavy atom. The summed E-state index contributed by atoms with van der Waals surface area (Å²) in [5.74, 6) is 1.27. The zero-order chi connectivity index (χ0) is 11.7. The van der Waals surface area contributed by atoms with Crippen molar-refractivity contribution in [2.24, 2.45) is 5.92 Å². The Labute approximate surface area is 107 Å². The first-order chi connectivity index (χ1) is 7.67. The van der Waals surface area contributed by atoms with Gasteiger partial charge in [-0.2, -0.15) is 0 Å². The van der Waals surface area contributed by atoms with Crippen LogP contribution in [-0.2, 0) is 0 Å². The fraction of sp³-hybridized carbons (Fsp3) is 0.538. The van der Waals surface area contributed by atoms with Crippen molar-refractivity contribution in [1.82, 2.24) is 0 Å². The van der Waals surface area contributed by atoms with Gasteiger partial charge in [0.1, 0.15) is 0 Å². The summed E-state index contributed by atoms with van der Waals surface area (Å²) in [6.07, 6.45) is 2.40. The summed E-state index contributed by atoms with van der Waals surface area (Å²) >= 11 is 12.3. The number of halogens is 2. The molecule has 1 heterocycles. The van der Waals surface area contributed by atoms with Crippen LogP contribution in [-0.4, -0.2) is 6.54 Å². The molecule has 1 N–H and O–H groups in total. The van der Waals surface area contributed by atoms with E-state index in [1.807, 2.05) is 6.07 Å². The zero-order valence-electron chi connectivity index (χ0n) is 9.69. The van der Waals surface area contributed by atoms with E-state index < -0.39 is 0 Å². The van der Waals surface area contributed by atoms with Crippen LogP contribution >= 0.6 is 23.2 Å². The van der Waals surface area contributed by atoms with Gasteiger partial charge < -0.3 is 5.32 Å². The van der Waals surface area contributed by atoms with Crippen LogP contribution in [0.15, 0.2) is 12.1 Å². The molecule has 1 nitrogen and oxygen atoms in total. The molecule has 1 aliphatic heterocycles. The summed E-state index contributed by atoms with van der Waals surface area (Å²) in [5, 5.41) is 4.89. The molecule has 16 heavy (non-hydrogen) atoms. The Balaban J connectivity index is 2.38. The predicted molar refractivity (Wildman–Crippen MR) is 71.8 cm³/mol. The summed E-state index contributed by atoms with van der Waals surface area (Å²) in [6.45, 7) is 5.48. The van der Waals surface area contributed by atoms with Crippen LogP contribution in [0, 0.1) is 5.92 Å². The lowest BCUT2D eigenvalue weighted by Crippen LogP contribution is -2.13. The molecule has 3 heteroatoms. The molecular weight excluding hydrogens is 241 g/mol. The zero-order valence-corrected chi connectivity index (χ0v) is 11.2. The minimum atomic E-state index is 0.557. The summed E-state index contributed by atoms with van der Waals surface area (Å²) < 4.78 is 0. The van der Waals surface area contributed by atoms with Gasteiger partial charge in [0.15, 0.2) is 0 Å². The average molecular weight is 258 g/mol. The summed E-state index contributed by atoms with van der Waals surface area (Å²) in [7, 11) is 0. The monoisotopic (exact) mass is 257 g/mol. The lowest BCUT2D eigenvalue weighted by atomic mass is 9.84. The number of rotatable bonds is 3. The van der Waals surface area contributed by atoms with Crippen molar-refractivity contribution in [3.63, 3.8) is 0 Å². The molecule has 0 bridgehead atoms. The number of hydrogen-bond acceptors (Lipinski definition) is 1. The lowest BCUT2D eigenvalue weighted by molar-refractivity contribution is 0.418. The van der Waals surface area contributed by atoms with Gasteiger partial charge in [-0.05, 0) is 23.6 Å². The minimum Gasteiger partial charge on any atom is -0.383 e. The van der Waals surface area contributed by atoms with Crippen molar-refractivity contribution in [3.8, 4) is 0 Å². The molecule has 1 aliphatic rings. The minimum absolute atomic E-state index is 0.557. The Bertz CT molecular complexity index is 386. The maximum Gasteiger partial charge on any atom is 0.0655 e. The second kappa shape index (κ2) is 4.85. The van der Waals surface area contributed by atoms with E-state index in [-0.39, 0.29) is 0 Å². The third-order valence-corrected chi connectivity index (χ3v) is 4.12. The Hall–Kier alpha value is -0.400. The Kier molecular flexibility index (Phi) is 3.66. The van der Waals surface area contributed by atoms with Gasteiger partial charge in [0, 0.05) is 17.5 Å². The van der Waals surface area contributed by atoms with E-state index in [0.29, 0.717) is 11.8 Å². The molecule has 0 spiro atoms. The fourth-order valence-corrected chi connectivity index (χ4v) is 3.25. The molecule has 0 amide bonds. The standard InChI is InChI=1S/C13H17Cl2N/c1-3-8(4-2)11-7-16-13-10(11)5-9(14)6-12(13)15/h5-6,8,11,16H,3-4,7H2,1-2H3. The second-order valence-electron chi connectivity index (χ2n) is 4.42. The number of fused-ring (bicyclic) bond motifs is 1. The summed E-state index contributed by atoms with van der Waals surface area (Å²) in [6, 6.07) is 3.87.